The second-order valence-electron chi connectivity index (χ2n) is 4.83. The molecule has 1 aromatic carbocycles. The molecule has 0 aromatic heterocycles. The third-order valence-electron chi connectivity index (χ3n) is 3.49. The van der Waals surface area contributed by atoms with Gasteiger partial charge < -0.3 is 10.5 Å². The first-order valence-electron chi connectivity index (χ1n) is 5.18. The van der Waals surface area contributed by atoms with E-state index in [0.29, 0.717) is 5.75 Å². The number of ether oxygens (including phenoxy) is 1. The lowest BCUT2D eigenvalue weighted by Gasteiger charge is -2.11. The van der Waals surface area contributed by atoms with Gasteiger partial charge in [0.15, 0.2) is 11.6 Å². The van der Waals surface area contributed by atoms with E-state index >= 15 is 0 Å². The number of hydrogen-bond donors (Lipinski definition) is 1. The van der Waals surface area contributed by atoms with Gasteiger partial charge in [0.2, 0.25) is 0 Å². The second kappa shape index (κ2) is 3.70. The molecular formula is C12H15BrFNO. The van der Waals surface area contributed by atoms with Crippen molar-refractivity contribution in [2.45, 2.75) is 25.8 Å². The molecule has 2 nitrogen and oxygen atoms in total. The molecule has 2 rings (SSSR count). The summed E-state index contributed by atoms with van der Waals surface area (Å²) in [6, 6.07) is 3.36. The summed E-state index contributed by atoms with van der Waals surface area (Å²) in [5.41, 5.74) is 6.87. The zero-order valence-corrected chi connectivity index (χ0v) is 11.1. The summed E-state index contributed by atoms with van der Waals surface area (Å²) in [4.78, 5) is 0. The third kappa shape index (κ3) is 1.64. The monoisotopic (exact) mass is 287 g/mol. The number of hydrogen-bond acceptors (Lipinski definition) is 2. The normalized spacial score (nSPS) is 26.6. The molecule has 88 valence electrons. The molecule has 2 atom stereocenters. The highest BCUT2D eigenvalue weighted by Crippen LogP contribution is 2.59. The largest absolute Gasteiger partial charge is 0.493 e. The molecule has 0 amide bonds. The average molecular weight is 288 g/mol. The van der Waals surface area contributed by atoms with Gasteiger partial charge in [0.25, 0.3) is 0 Å². The first-order valence-corrected chi connectivity index (χ1v) is 5.97. The molecule has 1 saturated carbocycles. The Kier molecular flexibility index (Phi) is 2.75. The third-order valence-corrected chi connectivity index (χ3v) is 3.94. The quantitative estimate of drug-likeness (QED) is 0.907. The molecule has 1 aromatic rings. The van der Waals surface area contributed by atoms with Crippen molar-refractivity contribution in [1.29, 1.82) is 0 Å². The Hall–Kier alpha value is -0.610. The smallest absolute Gasteiger partial charge is 0.166 e. The maximum atomic E-state index is 13.7. The van der Waals surface area contributed by atoms with E-state index in [0.717, 1.165) is 10.0 Å². The van der Waals surface area contributed by atoms with Crippen molar-refractivity contribution in [2.24, 2.45) is 11.1 Å². The van der Waals surface area contributed by atoms with Crippen LogP contribution in [-0.2, 0) is 0 Å². The van der Waals surface area contributed by atoms with Crippen molar-refractivity contribution in [3.63, 3.8) is 0 Å². The summed E-state index contributed by atoms with van der Waals surface area (Å²) in [7, 11) is 1.48. The van der Waals surface area contributed by atoms with Crippen LogP contribution < -0.4 is 10.5 Å². The highest BCUT2D eigenvalue weighted by atomic mass is 79.9. The molecule has 2 N–H and O–H groups in total. The lowest BCUT2D eigenvalue weighted by Crippen LogP contribution is -2.06. The SMILES string of the molecule is COc1c(F)cc(Br)cc1C1C(N)C1(C)C. The highest BCUT2D eigenvalue weighted by Gasteiger charge is 2.57. The van der Waals surface area contributed by atoms with Gasteiger partial charge in [-0.15, -0.1) is 0 Å². The van der Waals surface area contributed by atoms with Crippen molar-refractivity contribution < 1.29 is 9.13 Å². The Morgan fingerprint density at radius 1 is 1.44 bits per heavy atom. The van der Waals surface area contributed by atoms with Crippen LogP contribution in [0.3, 0.4) is 0 Å². The van der Waals surface area contributed by atoms with Crippen molar-refractivity contribution >= 4 is 15.9 Å². The van der Waals surface area contributed by atoms with Crippen molar-refractivity contribution in [2.75, 3.05) is 7.11 Å². The van der Waals surface area contributed by atoms with Gasteiger partial charge in [0.1, 0.15) is 0 Å². The van der Waals surface area contributed by atoms with Gasteiger partial charge in [-0.3, -0.25) is 0 Å². The van der Waals surface area contributed by atoms with E-state index in [1.165, 1.54) is 13.2 Å². The molecule has 4 heteroatoms. The standard InChI is InChI=1S/C12H15BrFNO/c1-12(2)9(11(12)15)7-4-6(13)5-8(14)10(7)16-3/h4-5,9,11H,15H2,1-3H3. The lowest BCUT2D eigenvalue weighted by atomic mass is 10.0. The Labute approximate surface area is 103 Å². The second-order valence-corrected chi connectivity index (χ2v) is 5.75. The van der Waals surface area contributed by atoms with Crippen LogP contribution in [0.2, 0.25) is 0 Å². The van der Waals surface area contributed by atoms with E-state index in [9.17, 15) is 4.39 Å². The summed E-state index contributed by atoms with van der Waals surface area (Å²) in [5.74, 6) is 0.130. The van der Waals surface area contributed by atoms with Crippen LogP contribution >= 0.6 is 15.9 Å². The van der Waals surface area contributed by atoms with E-state index in [4.69, 9.17) is 10.5 Å². The molecular weight excluding hydrogens is 273 g/mol. The summed E-state index contributed by atoms with van der Waals surface area (Å²) in [6.45, 7) is 4.17. The van der Waals surface area contributed by atoms with E-state index in [1.807, 2.05) is 6.07 Å². The topological polar surface area (TPSA) is 35.2 Å². The van der Waals surface area contributed by atoms with Gasteiger partial charge in [-0.2, -0.15) is 0 Å². The van der Waals surface area contributed by atoms with E-state index in [2.05, 4.69) is 29.8 Å². The van der Waals surface area contributed by atoms with Crippen LogP contribution in [0.5, 0.6) is 5.75 Å². The minimum Gasteiger partial charge on any atom is -0.493 e. The van der Waals surface area contributed by atoms with Gasteiger partial charge in [-0.1, -0.05) is 29.8 Å². The molecule has 1 aliphatic rings. The van der Waals surface area contributed by atoms with E-state index in [1.54, 1.807) is 0 Å². The fourth-order valence-electron chi connectivity index (χ4n) is 2.30. The number of rotatable bonds is 2. The molecule has 0 spiro atoms. The lowest BCUT2D eigenvalue weighted by molar-refractivity contribution is 0.379. The molecule has 0 aliphatic heterocycles. The molecule has 0 heterocycles. The van der Waals surface area contributed by atoms with Crippen molar-refractivity contribution in [3.8, 4) is 5.75 Å². The van der Waals surface area contributed by atoms with Crippen LogP contribution in [0.25, 0.3) is 0 Å². The van der Waals surface area contributed by atoms with Crippen LogP contribution in [0, 0.1) is 11.2 Å². The minimum absolute atomic E-state index is 0.0144. The molecule has 16 heavy (non-hydrogen) atoms. The Bertz CT molecular complexity index is 433. The number of nitrogens with two attached hydrogens (primary N) is 1. The molecule has 0 radical (unpaired) electrons. The average Bonchev–Trinajstić information content (AvgIpc) is 2.64. The molecule has 2 unspecified atom stereocenters. The maximum Gasteiger partial charge on any atom is 0.166 e. The minimum atomic E-state index is -0.346. The fraction of sp³-hybridized carbons (Fsp3) is 0.500. The molecule has 0 saturated heterocycles. The predicted octanol–water partition coefficient (Wildman–Crippen LogP) is 3.05. The van der Waals surface area contributed by atoms with Crippen LogP contribution in [-0.4, -0.2) is 13.2 Å². The van der Waals surface area contributed by atoms with Gasteiger partial charge in [0, 0.05) is 22.0 Å². The van der Waals surface area contributed by atoms with Crippen molar-refractivity contribution in [1.82, 2.24) is 0 Å². The zero-order valence-electron chi connectivity index (χ0n) is 9.55. The number of benzene rings is 1. The van der Waals surface area contributed by atoms with Crippen LogP contribution in [0.4, 0.5) is 4.39 Å². The van der Waals surface area contributed by atoms with Gasteiger partial charge in [-0.05, 0) is 17.5 Å². The van der Waals surface area contributed by atoms with E-state index in [-0.39, 0.29) is 23.2 Å². The van der Waals surface area contributed by atoms with Crippen LogP contribution in [0.1, 0.15) is 25.3 Å². The Morgan fingerprint density at radius 2 is 2.00 bits per heavy atom. The summed E-state index contributed by atoms with van der Waals surface area (Å²) in [6.07, 6.45) is 0. The molecule has 0 bridgehead atoms. The zero-order chi connectivity index (χ0) is 12.1. The highest BCUT2D eigenvalue weighted by molar-refractivity contribution is 9.10. The Morgan fingerprint density at radius 3 is 2.44 bits per heavy atom. The molecule has 1 fully saturated rings. The molecule has 1 aliphatic carbocycles. The van der Waals surface area contributed by atoms with Gasteiger partial charge in [-0.25, -0.2) is 4.39 Å². The first-order chi connectivity index (χ1) is 7.39. The predicted molar refractivity (Wildman–Crippen MR) is 65.1 cm³/mol. The number of halogens is 2. The van der Waals surface area contributed by atoms with Crippen molar-refractivity contribution in [3.05, 3.63) is 28.0 Å². The summed E-state index contributed by atoms with van der Waals surface area (Å²) >= 11 is 3.29. The fourth-order valence-corrected chi connectivity index (χ4v) is 2.75. The van der Waals surface area contributed by atoms with Crippen LogP contribution in [0.15, 0.2) is 16.6 Å². The maximum absolute atomic E-state index is 13.7. The van der Waals surface area contributed by atoms with E-state index < -0.39 is 0 Å². The van der Waals surface area contributed by atoms with Gasteiger partial charge in [0.05, 0.1) is 7.11 Å². The Balaban J connectivity index is 2.49. The number of methoxy groups -OCH3 is 1. The van der Waals surface area contributed by atoms with Gasteiger partial charge >= 0.3 is 0 Å². The first kappa shape index (κ1) is 11.9. The summed E-state index contributed by atoms with van der Waals surface area (Å²) < 4.78 is 19.5. The summed E-state index contributed by atoms with van der Waals surface area (Å²) in [5, 5.41) is 0.